The summed E-state index contributed by atoms with van der Waals surface area (Å²) in [6.07, 6.45) is 1.08. The maximum absolute atomic E-state index is 14.9. The van der Waals surface area contributed by atoms with Crippen LogP contribution in [0.5, 0.6) is 5.75 Å². The highest BCUT2D eigenvalue weighted by Crippen LogP contribution is 2.39. The fraction of sp³-hybridized carbons (Fsp3) is 0.385. The minimum atomic E-state index is -0.642. The van der Waals surface area contributed by atoms with E-state index in [1.165, 1.54) is 6.07 Å². The van der Waals surface area contributed by atoms with E-state index in [2.05, 4.69) is 25.5 Å². The fourth-order valence-corrected chi connectivity index (χ4v) is 4.73. The van der Waals surface area contributed by atoms with Crippen molar-refractivity contribution in [2.24, 2.45) is 0 Å². The summed E-state index contributed by atoms with van der Waals surface area (Å²) in [5.41, 5.74) is 2.64. The van der Waals surface area contributed by atoms with Crippen LogP contribution in [0.25, 0.3) is 11.3 Å². The number of aromatic nitrogens is 2. The van der Waals surface area contributed by atoms with Gasteiger partial charge in [-0.2, -0.15) is 0 Å². The third kappa shape index (κ3) is 4.78. The Morgan fingerprint density at radius 1 is 1.17 bits per heavy atom. The largest absolute Gasteiger partial charge is 0.486 e. The number of benzene rings is 2. The summed E-state index contributed by atoms with van der Waals surface area (Å²) in [5, 5.41) is 16.1. The van der Waals surface area contributed by atoms with Crippen LogP contribution in [-0.4, -0.2) is 66.6 Å². The van der Waals surface area contributed by atoms with Gasteiger partial charge in [-0.25, -0.2) is 18.7 Å². The van der Waals surface area contributed by atoms with Crippen LogP contribution in [0.15, 0.2) is 42.6 Å². The van der Waals surface area contributed by atoms with Gasteiger partial charge in [0.2, 0.25) is 5.95 Å². The van der Waals surface area contributed by atoms with Gasteiger partial charge in [-0.3, -0.25) is 0 Å². The summed E-state index contributed by atoms with van der Waals surface area (Å²) in [4.78, 5) is 12.6. The topological polar surface area (TPSA) is 85.8 Å². The number of fused-ring (bicyclic) bond motifs is 1. The van der Waals surface area contributed by atoms with Gasteiger partial charge < -0.3 is 30.3 Å². The van der Waals surface area contributed by atoms with E-state index in [0.29, 0.717) is 24.4 Å². The van der Waals surface area contributed by atoms with Crippen LogP contribution >= 0.6 is 0 Å². The Labute approximate surface area is 208 Å². The highest BCUT2D eigenvalue weighted by Gasteiger charge is 2.26. The number of ether oxygens (including phenoxy) is 1. The maximum Gasteiger partial charge on any atom is 0.227 e. The summed E-state index contributed by atoms with van der Waals surface area (Å²) in [6, 6.07) is 10.8. The molecular weight excluding hydrogens is 466 g/mol. The van der Waals surface area contributed by atoms with Crippen LogP contribution in [-0.2, 0) is 0 Å². The molecule has 2 aromatic carbocycles. The van der Waals surface area contributed by atoms with Crippen molar-refractivity contribution < 1.29 is 18.6 Å². The molecule has 3 aromatic rings. The molecule has 0 aliphatic carbocycles. The number of hydrogen-bond acceptors (Lipinski definition) is 8. The normalized spacial score (nSPS) is 17.7. The van der Waals surface area contributed by atoms with Crippen molar-refractivity contribution in [1.82, 2.24) is 15.3 Å². The molecule has 190 valence electrons. The molecular formula is C26H30F2N6O2. The lowest BCUT2D eigenvalue weighted by atomic mass is 10.1. The smallest absolute Gasteiger partial charge is 0.227 e. The number of aliphatic hydroxyl groups excluding tert-OH is 1. The zero-order valence-electron chi connectivity index (χ0n) is 20.3. The van der Waals surface area contributed by atoms with Crippen LogP contribution in [0.2, 0.25) is 0 Å². The molecule has 5 rings (SSSR count). The molecule has 0 radical (unpaired) electrons. The molecule has 1 fully saturated rings. The van der Waals surface area contributed by atoms with Gasteiger partial charge in [0.15, 0.2) is 17.4 Å². The molecule has 2 aliphatic rings. The van der Waals surface area contributed by atoms with Crippen LogP contribution in [0.1, 0.15) is 13.8 Å². The predicted octanol–water partition coefficient (Wildman–Crippen LogP) is 3.54. The van der Waals surface area contributed by atoms with Gasteiger partial charge in [-0.05, 0) is 50.2 Å². The van der Waals surface area contributed by atoms with Crippen molar-refractivity contribution in [1.29, 1.82) is 0 Å². The van der Waals surface area contributed by atoms with E-state index in [-0.39, 0.29) is 36.1 Å². The minimum Gasteiger partial charge on any atom is -0.486 e. The van der Waals surface area contributed by atoms with Gasteiger partial charge in [-0.1, -0.05) is 0 Å². The van der Waals surface area contributed by atoms with Gasteiger partial charge in [-0.15, -0.1) is 0 Å². The Kier molecular flexibility index (Phi) is 6.88. The van der Waals surface area contributed by atoms with E-state index in [1.807, 2.05) is 43.0 Å². The number of anilines is 4. The summed E-state index contributed by atoms with van der Waals surface area (Å²) in [7, 11) is 0. The molecule has 3 heterocycles. The van der Waals surface area contributed by atoms with Crippen molar-refractivity contribution in [2.75, 3.05) is 54.5 Å². The first kappa shape index (κ1) is 24.2. The highest BCUT2D eigenvalue weighted by molar-refractivity contribution is 5.73. The molecule has 1 unspecified atom stereocenters. The molecule has 0 amide bonds. The van der Waals surface area contributed by atoms with Crippen molar-refractivity contribution >= 4 is 23.0 Å². The summed E-state index contributed by atoms with van der Waals surface area (Å²) in [5.74, 6) is -0.814. The number of hydrogen-bond donors (Lipinski definition) is 3. The zero-order valence-corrected chi connectivity index (χ0v) is 20.3. The Morgan fingerprint density at radius 2 is 1.97 bits per heavy atom. The Balaban J connectivity index is 1.40. The first-order valence-corrected chi connectivity index (χ1v) is 12.2. The standard InChI is InChI=1S/C26H30F2N6O2/c1-16(2)33-9-10-36-25-21(27)11-17(12-23(25)33)24-22(28)14-30-26(32-24)31-18-3-5-19(6-4-18)34-8-7-29-13-20(34)15-35/h3-6,11-12,14,16,20,29,35H,7-10,13,15H2,1-2H3,(H,30,31,32). The highest BCUT2D eigenvalue weighted by atomic mass is 19.1. The Bertz CT molecular complexity index is 1220. The van der Waals surface area contributed by atoms with Gasteiger partial charge in [0.25, 0.3) is 0 Å². The number of nitrogens with zero attached hydrogens (tertiary/aromatic N) is 4. The third-order valence-electron chi connectivity index (χ3n) is 6.57. The Hall–Kier alpha value is -3.50. The summed E-state index contributed by atoms with van der Waals surface area (Å²) < 4.78 is 35.3. The lowest BCUT2D eigenvalue weighted by Crippen LogP contribution is -2.53. The molecule has 0 saturated carbocycles. The number of halogens is 2. The second kappa shape index (κ2) is 10.2. The van der Waals surface area contributed by atoms with Crippen molar-refractivity contribution in [2.45, 2.75) is 25.9 Å². The molecule has 1 aromatic heterocycles. The van der Waals surface area contributed by atoms with Gasteiger partial charge in [0.05, 0.1) is 31.1 Å². The Morgan fingerprint density at radius 3 is 2.72 bits per heavy atom. The number of nitrogens with one attached hydrogen (secondary N) is 2. The molecule has 1 atom stereocenters. The van der Waals surface area contributed by atoms with Gasteiger partial charge in [0, 0.05) is 42.6 Å². The van der Waals surface area contributed by atoms with Crippen LogP contribution < -0.4 is 25.2 Å². The first-order valence-electron chi connectivity index (χ1n) is 12.2. The molecule has 2 aliphatic heterocycles. The molecule has 3 N–H and O–H groups in total. The monoisotopic (exact) mass is 496 g/mol. The predicted molar refractivity (Wildman–Crippen MR) is 136 cm³/mol. The molecule has 0 spiro atoms. The summed E-state index contributed by atoms with van der Waals surface area (Å²) >= 11 is 0. The second-order valence-corrected chi connectivity index (χ2v) is 9.24. The van der Waals surface area contributed by atoms with E-state index in [0.717, 1.165) is 37.2 Å². The number of rotatable bonds is 6. The number of aliphatic hydroxyl groups is 1. The first-order chi connectivity index (χ1) is 17.4. The molecule has 8 nitrogen and oxygen atoms in total. The average molecular weight is 497 g/mol. The van der Waals surface area contributed by atoms with E-state index in [1.54, 1.807) is 6.07 Å². The summed E-state index contributed by atoms with van der Waals surface area (Å²) in [6.45, 7) is 7.51. The van der Waals surface area contributed by atoms with Crippen molar-refractivity contribution in [3.8, 4) is 17.0 Å². The lowest BCUT2D eigenvalue weighted by molar-refractivity contribution is 0.246. The lowest BCUT2D eigenvalue weighted by Gasteiger charge is -2.37. The quantitative estimate of drug-likeness (QED) is 0.478. The van der Waals surface area contributed by atoms with Crippen LogP contribution in [0.4, 0.5) is 31.8 Å². The van der Waals surface area contributed by atoms with Crippen molar-refractivity contribution in [3.63, 3.8) is 0 Å². The molecule has 10 heteroatoms. The van der Waals surface area contributed by atoms with E-state index >= 15 is 0 Å². The SMILES string of the molecule is CC(C)N1CCOc2c(F)cc(-c3nc(Nc4ccc(N5CCNCC5CO)cc4)ncc3F)cc21. The minimum absolute atomic E-state index is 0.00621. The third-order valence-corrected chi connectivity index (χ3v) is 6.57. The van der Waals surface area contributed by atoms with E-state index in [4.69, 9.17) is 4.74 Å². The van der Waals surface area contributed by atoms with Crippen molar-refractivity contribution in [3.05, 3.63) is 54.2 Å². The molecule has 1 saturated heterocycles. The van der Waals surface area contributed by atoms with Gasteiger partial charge >= 0.3 is 0 Å². The molecule has 0 bridgehead atoms. The second-order valence-electron chi connectivity index (χ2n) is 9.24. The zero-order chi connectivity index (χ0) is 25.2. The maximum atomic E-state index is 14.9. The number of piperazine rings is 1. The van der Waals surface area contributed by atoms with Gasteiger partial charge in [0.1, 0.15) is 12.3 Å². The van der Waals surface area contributed by atoms with E-state index < -0.39 is 11.6 Å². The van der Waals surface area contributed by atoms with E-state index in [9.17, 15) is 13.9 Å². The van der Waals surface area contributed by atoms with Crippen LogP contribution in [0.3, 0.4) is 0 Å². The molecule has 36 heavy (non-hydrogen) atoms. The average Bonchev–Trinajstić information content (AvgIpc) is 2.89. The van der Waals surface area contributed by atoms with Crippen LogP contribution in [0, 0.1) is 11.6 Å². The fourth-order valence-electron chi connectivity index (χ4n) is 4.73.